The number of thiocarbonyl (C=S) groups is 1. The van der Waals surface area contributed by atoms with Gasteiger partial charge >= 0.3 is 0 Å². The van der Waals surface area contributed by atoms with Gasteiger partial charge in [-0.2, -0.15) is 0 Å². The lowest BCUT2D eigenvalue weighted by molar-refractivity contribution is -0.120. The van der Waals surface area contributed by atoms with Crippen molar-refractivity contribution in [2.75, 3.05) is 18.9 Å². The van der Waals surface area contributed by atoms with Crippen molar-refractivity contribution in [3.8, 4) is 0 Å². The first kappa shape index (κ1) is 13.7. The molecule has 0 fully saturated rings. The minimum atomic E-state index is -0.0200. The van der Waals surface area contributed by atoms with E-state index in [9.17, 15) is 4.79 Å². The maximum Gasteiger partial charge on any atom is 0.221 e. The van der Waals surface area contributed by atoms with E-state index in [4.69, 9.17) is 29.6 Å². The molecule has 1 amide bonds. The summed E-state index contributed by atoms with van der Waals surface area (Å²) in [5.41, 5.74) is 6.97. The molecule has 0 aliphatic heterocycles. The molecule has 0 aliphatic carbocycles. The zero-order chi connectivity index (χ0) is 12.8. The summed E-state index contributed by atoms with van der Waals surface area (Å²) in [5.74, 6) is -0.0200. The average molecular weight is 272 g/mol. The highest BCUT2D eigenvalue weighted by molar-refractivity contribution is 7.80. The Balaban J connectivity index is 2.60. The standard InChI is InChI=1S/C11H14ClN3OS/c1-14-10(16)4-5-15-9-3-2-7(11(13)17)6-8(9)12/h2-3,6,15H,4-5H2,1H3,(H2,13,17)(H,14,16). The number of halogens is 1. The van der Waals surface area contributed by atoms with Crippen LogP contribution < -0.4 is 16.4 Å². The number of anilines is 1. The van der Waals surface area contributed by atoms with Gasteiger partial charge in [-0.15, -0.1) is 0 Å². The molecule has 0 spiro atoms. The first-order valence-corrected chi connectivity index (χ1v) is 5.87. The zero-order valence-electron chi connectivity index (χ0n) is 9.42. The molecule has 4 nitrogen and oxygen atoms in total. The molecule has 0 saturated carbocycles. The fourth-order valence-electron chi connectivity index (χ4n) is 1.25. The Morgan fingerprint density at radius 1 is 1.53 bits per heavy atom. The molecule has 0 aliphatic rings. The minimum absolute atomic E-state index is 0.0200. The molecule has 0 saturated heterocycles. The van der Waals surface area contributed by atoms with Crippen LogP contribution >= 0.6 is 23.8 Å². The molecule has 0 unspecified atom stereocenters. The van der Waals surface area contributed by atoms with Crippen LogP contribution in [0.2, 0.25) is 5.02 Å². The molecule has 17 heavy (non-hydrogen) atoms. The molecule has 92 valence electrons. The monoisotopic (exact) mass is 271 g/mol. The van der Waals surface area contributed by atoms with Gasteiger partial charge in [0, 0.05) is 25.6 Å². The van der Waals surface area contributed by atoms with E-state index in [1.165, 1.54) is 0 Å². The van der Waals surface area contributed by atoms with Gasteiger partial charge in [0.2, 0.25) is 5.91 Å². The number of benzene rings is 1. The molecular weight excluding hydrogens is 258 g/mol. The Kier molecular flexibility index (Phi) is 5.18. The van der Waals surface area contributed by atoms with Gasteiger partial charge in [0.25, 0.3) is 0 Å². The first-order valence-electron chi connectivity index (χ1n) is 5.08. The third-order valence-corrected chi connectivity index (χ3v) is 2.75. The third kappa shape index (κ3) is 4.20. The topological polar surface area (TPSA) is 67.2 Å². The Hall–Kier alpha value is -1.33. The number of rotatable bonds is 5. The Morgan fingerprint density at radius 3 is 2.76 bits per heavy atom. The predicted octanol–water partition coefficient (Wildman–Crippen LogP) is 1.52. The summed E-state index contributed by atoms with van der Waals surface area (Å²) < 4.78 is 0. The zero-order valence-corrected chi connectivity index (χ0v) is 11.0. The second-order valence-corrected chi connectivity index (χ2v) is 4.26. The van der Waals surface area contributed by atoms with Crippen molar-refractivity contribution < 1.29 is 4.79 Å². The normalized spacial score (nSPS) is 9.76. The predicted molar refractivity (Wildman–Crippen MR) is 74.5 cm³/mol. The lowest BCUT2D eigenvalue weighted by Gasteiger charge is -2.09. The number of nitrogens with one attached hydrogen (secondary N) is 2. The summed E-state index contributed by atoms with van der Waals surface area (Å²) in [6.45, 7) is 0.520. The summed E-state index contributed by atoms with van der Waals surface area (Å²) in [7, 11) is 1.60. The van der Waals surface area contributed by atoms with Crippen LogP contribution in [0.3, 0.4) is 0 Å². The number of hydrogen-bond acceptors (Lipinski definition) is 3. The van der Waals surface area contributed by atoms with E-state index >= 15 is 0 Å². The van der Waals surface area contributed by atoms with Gasteiger partial charge < -0.3 is 16.4 Å². The van der Waals surface area contributed by atoms with Crippen LogP contribution in [0.15, 0.2) is 18.2 Å². The van der Waals surface area contributed by atoms with E-state index in [0.717, 1.165) is 11.3 Å². The average Bonchev–Trinajstić information content (AvgIpc) is 2.30. The summed E-state index contributed by atoms with van der Waals surface area (Å²) in [4.78, 5) is 11.3. The van der Waals surface area contributed by atoms with E-state index in [1.807, 2.05) is 0 Å². The highest BCUT2D eigenvalue weighted by atomic mass is 35.5. The van der Waals surface area contributed by atoms with Gasteiger partial charge in [-0.1, -0.05) is 23.8 Å². The van der Waals surface area contributed by atoms with Crippen LogP contribution in [-0.2, 0) is 4.79 Å². The maximum absolute atomic E-state index is 11.0. The third-order valence-electron chi connectivity index (χ3n) is 2.20. The van der Waals surface area contributed by atoms with Crippen LogP contribution in [0.25, 0.3) is 0 Å². The maximum atomic E-state index is 11.0. The van der Waals surface area contributed by atoms with Crippen molar-refractivity contribution in [1.82, 2.24) is 5.32 Å². The number of carbonyl (C=O) groups excluding carboxylic acids is 1. The van der Waals surface area contributed by atoms with Gasteiger partial charge in [0.05, 0.1) is 10.7 Å². The van der Waals surface area contributed by atoms with Gasteiger partial charge in [-0.05, 0) is 18.2 Å². The SMILES string of the molecule is CNC(=O)CCNc1ccc(C(N)=S)cc1Cl. The summed E-state index contributed by atoms with van der Waals surface area (Å²) in [5, 5.41) is 6.15. The van der Waals surface area contributed by atoms with Gasteiger partial charge in [0.1, 0.15) is 4.99 Å². The van der Waals surface area contributed by atoms with E-state index in [-0.39, 0.29) is 5.91 Å². The molecule has 0 radical (unpaired) electrons. The fraction of sp³-hybridized carbons (Fsp3) is 0.273. The quantitative estimate of drug-likeness (QED) is 0.711. The highest BCUT2D eigenvalue weighted by Crippen LogP contribution is 2.22. The van der Waals surface area contributed by atoms with Crippen molar-refractivity contribution in [3.05, 3.63) is 28.8 Å². The molecule has 1 aromatic carbocycles. The molecule has 1 aromatic rings. The van der Waals surface area contributed by atoms with Crippen LogP contribution in [0.1, 0.15) is 12.0 Å². The lowest BCUT2D eigenvalue weighted by Crippen LogP contribution is -2.20. The minimum Gasteiger partial charge on any atom is -0.389 e. The second-order valence-electron chi connectivity index (χ2n) is 3.41. The number of hydrogen-bond donors (Lipinski definition) is 3. The summed E-state index contributed by atoms with van der Waals surface area (Å²) in [6.07, 6.45) is 0.393. The molecule has 1 rings (SSSR count). The van der Waals surface area contributed by atoms with Crippen LogP contribution in [0, 0.1) is 0 Å². The van der Waals surface area contributed by atoms with Gasteiger partial charge in [-0.25, -0.2) is 0 Å². The highest BCUT2D eigenvalue weighted by Gasteiger charge is 2.04. The number of carbonyl (C=O) groups is 1. The van der Waals surface area contributed by atoms with Crippen molar-refractivity contribution in [1.29, 1.82) is 0 Å². The number of amides is 1. The van der Waals surface area contributed by atoms with Gasteiger partial charge in [0.15, 0.2) is 0 Å². The molecule has 0 aromatic heterocycles. The van der Waals surface area contributed by atoms with Crippen LogP contribution in [-0.4, -0.2) is 24.5 Å². The van der Waals surface area contributed by atoms with E-state index in [0.29, 0.717) is 23.0 Å². The summed E-state index contributed by atoms with van der Waals surface area (Å²) in [6, 6.07) is 5.28. The molecular formula is C11H14ClN3OS. The Bertz CT molecular complexity index is 437. The number of nitrogens with two attached hydrogens (primary N) is 1. The van der Waals surface area contributed by atoms with E-state index in [2.05, 4.69) is 10.6 Å². The Labute approximate surface area is 111 Å². The molecule has 6 heteroatoms. The van der Waals surface area contributed by atoms with Gasteiger partial charge in [-0.3, -0.25) is 4.79 Å². The largest absolute Gasteiger partial charge is 0.389 e. The molecule has 0 atom stereocenters. The Morgan fingerprint density at radius 2 is 2.24 bits per heavy atom. The van der Waals surface area contributed by atoms with Crippen LogP contribution in [0.4, 0.5) is 5.69 Å². The lowest BCUT2D eigenvalue weighted by atomic mass is 10.2. The van der Waals surface area contributed by atoms with Crippen molar-refractivity contribution >= 4 is 40.4 Å². The first-order chi connectivity index (χ1) is 8.04. The molecule has 0 bridgehead atoms. The van der Waals surface area contributed by atoms with Crippen molar-refractivity contribution in [2.45, 2.75) is 6.42 Å². The second kappa shape index (κ2) is 6.42. The van der Waals surface area contributed by atoms with Crippen LogP contribution in [0.5, 0.6) is 0 Å². The summed E-state index contributed by atoms with van der Waals surface area (Å²) >= 11 is 10.9. The fourth-order valence-corrected chi connectivity index (χ4v) is 1.62. The molecule has 4 N–H and O–H groups in total. The van der Waals surface area contributed by atoms with Crippen molar-refractivity contribution in [2.24, 2.45) is 5.73 Å². The van der Waals surface area contributed by atoms with E-state index < -0.39 is 0 Å². The van der Waals surface area contributed by atoms with Crippen molar-refractivity contribution in [3.63, 3.8) is 0 Å². The molecule has 0 heterocycles. The van der Waals surface area contributed by atoms with E-state index in [1.54, 1.807) is 25.2 Å². The smallest absolute Gasteiger partial charge is 0.221 e.